The highest BCUT2D eigenvalue weighted by Gasteiger charge is 2.16. The number of pyridine rings is 1. The van der Waals surface area contributed by atoms with Crippen LogP contribution in [0.1, 0.15) is 5.56 Å². The zero-order valence-electron chi connectivity index (χ0n) is 6.22. The van der Waals surface area contributed by atoms with E-state index in [9.17, 15) is 10.1 Å². The van der Waals surface area contributed by atoms with Gasteiger partial charge in [0.05, 0.1) is 5.56 Å². The molecule has 1 rings (SSSR count). The van der Waals surface area contributed by atoms with Crippen molar-refractivity contribution in [2.75, 3.05) is 0 Å². The molecule has 7 heteroatoms. The van der Waals surface area contributed by atoms with Gasteiger partial charge in [-0.05, 0) is 17.1 Å². The van der Waals surface area contributed by atoms with Crippen LogP contribution in [0.2, 0.25) is 5.15 Å². The quantitative estimate of drug-likeness (QED) is 0.184. The van der Waals surface area contributed by atoms with Gasteiger partial charge >= 0.3 is 5.84 Å². The van der Waals surface area contributed by atoms with Crippen molar-refractivity contribution in [2.45, 2.75) is 0 Å². The maximum Gasteiger partial charge on any atom is 0.418 e. The largest absolute Gasteiger partial charge is 0.418 e. The van der Waals surface area contributed by atoms with Gasteiger partial charge in [0.1, 0.15) is 5.15 Å². The molecule has 0 bridgehead atoms. The van der Waals surface area contributed by atoms with Gasteiger partial charge in [-0.2, -0.15) is 0 Å². The first-order chi connectivity index (χ1) is 6.15. The van der Waals surface area contributed by atoms with Crippen molar-refractivity contribution in [3.63, 3.8) is 0 Å². The fraction of sp³-hybridized carbons (Fsp3) is 0. The van der Waals surface area contributed by atoms with Crippen molar-refractivity contribution in [1.29, 1.82) is 0 Å². The van der Waals surface area contributed by atoms with Gasteiger partial charge in [-0.15, -0.1) is 0 Å². The lowest BCUT2D eigenvalue weighted by atomic mass is 10.3. The summed E-state index contributed by atoms with van der Waals surface area (Å²) >= 11 is 5.46. The van der Waals surface area contributed by atoms with E-state index in [1.54, 1.807) is 0 Å². The average Bonchev–Trinajstić information content (AvgIpc) is 2.09. The topological polar surface area (TPSA) is 88.6 Å². The van der Waals surface area contributed by atoms with Crippen LogP contribution in [0.3, 0.4) is 0 Å². The number of halogens is 1. The average molecular weight is 202 g/mol. The van der Waals surface area contributed by atoms with Crippen LogP contribution in [0.5, 0.6) is 0 Å². The van der Waals surface area contributed by atoms with E-state index in [-0.39, 0.29) is 10.7 Å². The van der Waals surface area contributed by atoms with Crippen LogP contribution in [0.25, 0.3) is 0 Å². The normalized spacial score (nSPS) is 11.3. The molecular weight excluding hydrogens is 198 g/mol. The third-order valence-corrected chi connectivity index (χ3v) is 1.48. The van der Waals surface area contributed by atoms with E-state index in [1.165, 1.54) is 12.1 Å². The molecule has 0 aliphatic carbocycles. The highest BCUT2D eigenvalue weighted by atomic mass is 35.5. The number of nitrogens with zero attached hydrogens (tertiary/aromatic N) is 3. The zero-order chi connectivity index (χ0) is 9.84. The molecule has 6 nitrogen and oxygen atoms in total. The van der Waals surface area contributed by atoms with Crippen LogP contribution in [-0.4, -0.2) is 21.0 Å². The molecule has 0 aliphatic heterocycles. The van der Waals surface area contributed by atoms with Gasteiger partial charge in [0, 0.05) is 6.20 Å². The lowest BCUT2D eigenvalue weighted by Gasteiger charge is -1.95. The Morgan fingerprint density at radius 3 is 2.77 bits per heavy atom. The zero-order valence-corrected chi connectivity index (χ0v) is 6.97. The summed E-state index contributed by atoms with van der Waals surface area (Å²) in [6.45, 7) is 0. The molecule has 1 aromatic rings. The Morgan fingerprint density at radius 2 is 2.38 bits per heavy atom. The molecule has 0 radical (unpaired) electrons. The molecule has 13 heavy (non-hydrogen) atoms. The number of amidine groups is 1. The lowest BCUT2D eigenvalue weighted by molar-refractivity contribution is -0.351. The summed E-state index contributed by atoms with van der Waals surface area (Å²) < 4.78 is 0. The third-order valence-electron chi connectivity index (χ3n) is 1.25. The van der Waals surface area contributed by atoms with E-state index in [0.29, 0.717) is 0 Å². The van der Waals surface area contributed by atoms with Gasteiger partial charge in [0.15, 0.2) is 5.16 Å². The first-order valence-electron chi connectivity index (χ1n) is 3.13. The maximum absolute atomic E-state index is 10.3. The highest BCUT2D eigenvalue weighted by molar-refractivity contribution is 6.29. The molecule has 1 heterocycles. The summed E-state index contributed by atoms with van der Waals surface area (Å²) in [5.41, 5.74) is 0.0944. The fourth-order valence-corrected chi connectivity index (χ4v) is 0.820. The van der Waals surface area contributed by atoms with Crippen LogP contribution in [0, 0.1) is 10.1 Å². The Balaban J connectivity index is 3.07. The van der Waals surface area contributed by atoms with Gasteiger partial charge in [0.25, 0.3) is 0 Å². The van der Waals surface area contributed by atoms with Crippen LogP contribution in [0.15, 0.2) is 23.5 Å². The Morgan fingerprint density at radius 1 is 1.69 bits per heavy atom. The van der Waals surface area contributed by atoms with E-state index in [4.69, 9.17) is 16.8 Å². The Labute approximate surface area is 77.6 Å². The van der Waals surface area contributed by atoms with E-state index in [0.717, 1.165) is 6.20 Å². The second kappa shape index (κ2) is 3.81. The van der Waals surface area contributed by atoms with E-state index < -0.39 is 10.8 Å². The molecule has 0 saturated carbocycles. The summed E-state index contributed by atoms with van der Waals surface area (Å²) in [6.07, 6.45) is 1.15. The first kappa shape index (κ1) is 9.40. The molecule has 0 unspecified atom stereocenters. The SMILES string of the molecule is O=[N+]([O-])/C(=N/O)c1ccc(Cl)nc1. The van der Waals surface area contributed by atoms with Gasteiger partial charge in [-0.1, -0.05) is 11.6 Å². The van der Waals surface area contributed by atoms with Gasteiger partial charge in [-0.25, -0.2) is 4.98 Å². The lowest BCUT2D eigenvalue weighted by Crippen LogP contribution is -2.13. The minimum absolute atomic E-state index is 0.0944. The molecular formula is C6H4ClN3O3. The summed E-state index contributed by atoms with van der Waals surface area (Å²) in [4.78, 5) is 13.1. The Bertz CT molecular complexity index is 349. The van der Waals surface area contributed by atoms with Crippen LogP contribution in [0.4, 0.5) is 0 Å². The highest BCUT2D eigenvalue weighted by Crippen LogP contribution is 2.06. The van der Waals surface area contributed by atoms with Crippen molar-refractivity contribution in [3.8, 4) is 0 Å². The summed E-state index contributed by atoms with van der Waals surface area (Å²) in [6, 6.07) is 2.71. The minimum Gasteiger partial charge on any atom is -0.358 e. The standard InChI is InChI=1S/C6H4ClN3O3/c7-5-2-1-4(3-8-5)6(9-11)10(12)13/h1-3,11H/b9-6+. The van der Waals surface area contributed by atoms with Crippen LogP contribution < -0.4 is 0 Å². The first-order valence-corrected chi connectivity index (χ1v) is 3.51. The number of nitro groups is 1. The second-order valence-electron chi connectivity index (χ2n) is 2.05. The van der Waals surface area contributed by atoms with Crippen LogP contribution >= 0.6 is 11.6 Å². The predicted octanol–water partition coefficient (Wildman–Crippen LogP) is 1.15. The van der Waals surface area contributed by atoms with Gasteiger partial charge in [-0.3, -0.25) is 0 Å². The molecule has 0 aromatic carbocycles. The summed E-state index contributed by atoms with van der Waals surface area (Å²) in [5.74, 6) is -0.663. The Kier molecular flexibility index (Phi) is 2.76. The molecule has 1 aromatic heterocycles. The van der Waals surface area contributed by atoms with Gasteiger partial charge in [0.2, 0.25) is 0 Å². The number of hydrogen-bond donors (Lipinski definition) is 1. The predicted molar refractivity (Wildman–Crippen MR) is 44.6 cm³/mol. The molecule has 68 valence electrons. The van der Waals surface area contributed by atoms with E-state index in [1.807, 2.05) is 0 Å². The van der Waals surface area contributed by atoms with E-state index in [2.05, 4.69) is 10.1 Å². The Hall–Kier alpha value is -1.69. The third kappa shape index (κ3) is 2.12. The molecule has 0 amide bonds. The number of oxime groups is 1. The van der Waals surface area contributed by atoms with Crippen molar-refractivity contribution < 1.29 is 10.1 Å². The maximum atomic E-state index is 10.3. The second-order valence-corrected chi connectivity index (χ2v) is 2.44. The number of rotatable bonds is 1. The monoisotopic (exact) mass is 201 g/mol. The van der Waals surface area contributed by atoms with Gasteiger partial charge < -0.3 is 15.3 Å². The smallest absolute Gasteiger partial charge is 0.358 e. The van der Waals surface area contributed by atoms with Crippen molar-refractivity contribution in [2.24, 2.45) is 5.16 Å². The van der Waals surface area contributed by atoms with Crippen LogP contribution in [-0.2, 0) is 0 Å². The number of hydrogen-bond acceptors (Lipinski definition) is 5. The molecule has 0 saturated heterocycles. The minimum atomic E-state index is -0.815. The molecule has 1 N–H and O–H groups in total. The fourth-order valence-electron chi connectivity index (χ4n) is 0.708. The summed E-state index contributed by atoms with van der Waals surface area (Å²) in [5, 5.41) is 21.3. The summed E-state index contributed by atoms with van der Waals surface area (Å²) in [7, 11) is 0. The number of aromatic nitrogens is 1. The molecule has 0 fully saturated rings. The van der Waals surface area contributed by atoms with Crippen molar-refractivity contribution >= 4 is 17.4 Å². The molecule has 0 atom stereocenters. The van der Waals surface area contributed by atoms with E-state index >= 15 is 0 Å². The molecule has 0 aliphatic rings. The van der Waals surface area contributed by atoms with Crippen molar-refractivity contribution in [3.05, 3.63) is 39.2 Å². The molecule has 0 spiro atoms. The van der Waals surface area contributed by atoms with Crippen molar-refractivity contribution in [1.82, 2.24) is 4.98 Å².